The number of aliphatic imine (C=N–C) groups is 1. The molecule has 0 bridgehead atoms. The molecule has 1 heterocycles. The third kappa shape index (κ3) is 3.82. The van der Waals surface area contributed by atoms with Gasteiger partial charge in [0.1, 0.15) is 0 Å². The van der Waals surface area contributed by atoms with Crippen LogP contribution in [-0.4, -0.2) is 29.8 Å². The molecule has 0 amide bonds. The summed E-state index contributed by atoms with van der Waals surface area (Å²) in [6.07, 6.45) is 0. The Morgan fingerprint density at radius 3 is 2.71 bits per heavy atom. The van der Waals surface area contributed by atoms with Crippen molar-refractivity contribution < 1.29 is 9.47 Å². The minimum absolute atomic E-state index is 0.315. The summed E-state index contributed by atoms with van der Waals surface area (Å²) in [6, 6.07) is 5.43. The summed E-state index contributed by atoms with van der Waals surface area (Å²) in [5.74, 6) is 1.60. The molecule has 0 radical (unpaired) electrons. The van der Waals surface area contributed by atoms with Crippen molar-refractivity contribution in [3.05, 3.63) is 28.8 Å². The van der Waals surface area contributed by atoms with Gasteiger partial charge in [-0.15, -0.1) is 5.10 Å². The Balaban J connectivity index is 2.05. The zero-order chi connectivity index (χ0) is 15.2. The third-order valence-electron chi connectivity index (χ3n) is 2.79. The highest BCUT2D eigenvalue weighted by molar-refractivity contribution is 7.05. The van der Waals surface area contributed by atoms with Gasteiger partial charge in [-0.3, -0.25) is 0 Å². The topological polar surface area (TPSA) is 94.7 Å². The summed E-state index contributed by atoms with van der Waals surface area (Å²) in [5.41, 5.74) is 7.51. The van der Waals surface area contributed by atoms with Crippen LogP contribution in [0.1, 0.15) is 10.6 Å². The van der Waals surface area contributed by atoms with E-state index in [1.165, 1.54) is 11.5 Å². The van der Waals surface area contributed by atoms with E-state index < -0.39 is 0 Å². The van der Waals surface area contributed by atoms with E-state index in [0.717, 1.165) is 16.3 Å². The smallest absolute Gasteiger partial charge is 0.193 e. The Bertz CT molecular complexity index is 641. The van der Waals surface area contributed by atoms with Gasteiger partial charge in [0.2, 0.25) is 0 Å². The molecule has 2 rings (SSSR count). The molecular formula is C13H17N5O2S. The Labute approximate surface area is 127 Å². The van der Waals surface area contributed by atoms with Gasteiger partial charge in [0.25, 0.3) is 0 Å². The molecule has 0 saturated carbocycles. The summed E-state index contributed by atoms with van der Waals surface area (Å²) in [6.45, 7) is 2.35. The third-order valence-corrected chi connectivity index (χ3v) is 3.60. The monoisotopic (exact) mass is 307 g/mol. The van der Waals surface area contributed by atoms with E-state index in [9.17, 15) is 0 Å². The van der Waals surface area contributed by atoms with Crippen molar-refractivity contribution in [3.8, 4) is 11.5 Å². The Hall–Kier alpha value is -2.35. The first-order chi connectivity index (χ1) is 10.1. The summed E-state index contributed by atoms with van der Waals surface area (Å²) in [7, 11) is 3.17. The normalized spacial score (nSPS) is 11.3. The number of rotatable bonds is 5. The Kier molecular flexibility index (Phi) is 4.94. The van der Waals surface area contributed by atoms with Gasteiger partial charge in [-0.25, -0.2) is 4.99 Å². The highest BCUT2D eigenvalue weighted by Gasteiger charge is 2.06. The maximum Gasteiger partial charge on any atom is 0.193 e. The number of ether oxygens (including phenoxy) is 2. The highest BCUT2D eigenvalue weighted by Crippen LogP contribution is 2.29. The fourth-order valence-electron chi connectivity index (χ4n) is 1.65. The minimum atomic E-state index is 0.315. The number of aryl methyl sites for hydroxylation is 1. The average molecular weight is 307 g/mol. The van der Waals surface area contributed by atoms with Crippen LogP contribution in [0.4, 0.5) is 5.69 Å². The van der Waals surface area contributed by atoms with E-state index in [-0.39, 0.29) is 0 Å². The molecule has 1 aromatic carbocycles. The van der Waals surface area contributed by atoms with Crippen LogP contribution < -0.4 is 20.5 Å². The van der Waals surface area contributed by atoms with Crippen molar-refractivity contribution >= 4 is 23.2 Å². The van der Waals surface area contributed by atoms with Crippen LogP contribution in [-0.2, 0) is 6.54 Å². The number of hydrogen-bond donors (Lipinski definition) is 2. The molecule has 0 atom stereocenters. The lowest BCUT2D eigenvalue weighted by Crippen LogP contribution is -2.22. The molecule has 3 N–H and O–H groups in total. The van der Waals surface area contributed by atoms with Gasteiger partial charge in [-0.05, 0) is 30.6 Å². The van der Waals surface area contributed by atoms with Gasteiger partial charge >= 0.3 is 0 Å². The van der Waals surface area contributed by atoms with E-state index in [4.69, 9.17) is 15.2 Å². The van der Waals surface area contributed by atoms with E-state index in [2.05, 4.69) is 19.9 Å². The molecule has 2 aromatic rings. The summed E-state index contributed by atoms with van der Waals surface area (Å²) in [4.78, 5) is 5.26. The molecule has 112 valence electrons. The maximum atomic E-state index is 5.87. The number of hydrogen-bond acceptors (Lipinski definition) is 6. The van der Waals surface area contributed by atoms with Crippen LogP contribution >= 0.6 is 11.5 Å². The van der Waals surface area contributed by atoms with Gasteiger partial charge in [0, 0.05) is 11.8 Å². The van der Waals surface area contributed by atoms with Gasteiger partial charge in [-0.2, -0.15) is 0 Å². The van der Waals surface area contributed by atoms with Crippen molar-refractivity contribution in [2.75, 3.05) is 19.5 Å². The first kappa shape index (κ1) is 15.0. The van der Waals surface area contributed by atoms with E-state index >= 15 is 0 Å². The van der Waals surface area contributed by atoms with Crippen LogP contribution in [0.25, 0.3) is 0 Å². The number of benzene rings is 1. The Morgan fingerprint density at radius 1 is 1.33 bits per heavy atom. The average Bonchev–Trinajstić information content (AvgIpc) is 2.90. The molecule has 7 nitrogen and oxygen atoms in total. The molecule has 0 aliphatic carbocycles. The zero-order valence-corrected chi connectivity index (χ0v) is 12.9. The fourth-order valence-corrected chi connectivity index (χ4v) is 2.21. The molecule has 8 heteroatoms. The molecule has 0 spiro atoms. The molecule has 0 aliphatic heterocycles. The summed E-state index contributed by atoms with van der Waals surface area (Å²) in [5, 5.41) is 6.93. The van der Waals surface area contributed by atoms with Gasteiger partial charge in [-0.1, -0.05) is 4.49 Å². The lowest BCUT2D eigenvalue weighted by Gasteiger charge is -2.10. The van der Waals surface area contributed by atoms with Gasteiger partial charge < -0.3 is 20.5 Å². The predicted molar refractivity (Wildman–Crippen MR) is 83.1 cm³/mol. The number of aromatic nitrogens is 2. The van der Waals surface area contributed by atoms with Crippen LogP contribution in [0.2, 0.25) is 0 Å². The lowest BCUT2D eigenvalue weighted by molar-refractivity contribution is 0.355. The number of nitrogens with zero attached hydrogens (tertiary/aromatic N) is 3. The van der Waals surface area contributed by atoms with Crippen molar-refractivity contribution in [1.29, 1.82) is 0 Å². The lowest BCUT2D eigenvalue weighted by atomic mass is 10.3. The van der Waals surface area contributed by atoms with E-state index in [0.29, 0.717) is 24.0 Å². The fraction of sp³-hybridized carbons (Fsp3) is 0.308. The Morgan fingerprint density at radius 2 is 2.10 bits per heavy atom. The van der Waals surface area contributed by atoms with Gasteiger partial charge in [0.05, 0.1) is 31.3 Å². The molecule has 1 aromatic heterocycles. The first-order valence-electron chi connectivity index (χ1n) is 6.21. The highest BCUT2D eigenvalue weighted by atomic mass is 32.1. The van der Waals surface area contributed by atoms with Crippen molar-refractivity contribution in [3.63, 3.8) is 0 Å². The summed E-state index contributed by atoms with van der Waals surface area (Å²) >= 11 is 1.32. The second-order valence-corrected chi connectivity index (χ2v) is 5.02. The maximum absolute atomic E-state index is 5.87. The standard InChI is InChI=1S/C13H17N5O2S/c1-8-12(21-18-17-8)7-15-13(14)16-9-4-5-10(19-2)11(6-9)20-3/h4-6H,7H2,1-3H3,(H3,14,15,16). The van der Waals surface area contributed by atoms with Crippen LogP contribution in [0.5, 0.6) is 11.5 Å². The minimum Gasteiger partial charge on any atom is -0.493 e. The largest absolute Gasteiger partial charge is 0.493 e. The summed E-state index contributed by atoms with van der Waals surface area (Å²) < 4.78 is 14.3. The molecular weight excluding hydrogens is 290 g/mol. The quantitative estimate of drug-likeness (QED) is 0.646. The van der Waals surface area contributed by atoms with E-state index in [1.807, 2.05) is 13.0 Å². The SMILES string of the molecule is COc1ccc(NC(N)=NCc2snnc2C)cc1OC. The predicted octanol–water partition coefficient (Wildman–Crippen LogP) is 1.79. The van der Waals surface area contributed by atoms with Gasteiger partial charge in [0.15, 0.2) is 17.5 Å². The number of guanidine groups is 1. The molecule has 0 fully saturated rings. The van der Waals surface area contributed by atoms with Crippen molar-refractivity contribution in [1.82, 2.24) is 9.59 Å². The number of methoxy groups -OCH3 is 2. The number of nitrogens with two attached hydrogens (primary N) is 1. The first-order valence-corrected chi connectivity index (χ1v) is 6.98. The van der Waals surface area contributed by atoms with Crippen molar-refractivity contribution in [2.24, 2.45) is 10.7 Å². The number of anilines is 1. The number of nitrogens with one attached hydrogen (secondary N) is 1. The molecule has 0 aliphatic rings. The molecule has 0 saturated heterocycles. The molecule has 21 heavy (non-hydrogen) atoms. The van der Waals surface area contributed by atoms with Crippen LogP contribution in [0.3, 0.4) is 0 Å². The van der Waals surface area contributed by atoms with Crippen LogP contribution in [0, 0.1) is 6.92 Å². The molecule has 0 unspecified atom stereocenters. The van der Waals surface area contributed by atoms with Crippen molar-refractivity contribution in [2.45, 2.75) is 13.5 Å². The van der Waals surface area contributed by atoms with Crippen LogP contribution in [0.15, 0.2) is 23.2 Å². The second kappa shape index (κ2) is 6.89. The zero-order valence-electron chi connectivity index (χ0n) is 12.1. The second-order valence-electron chi connectivity index (χ2n) is 4.18. The van der Waals surface area contributed by atoms with E-state index in [1.54, 1.807) is 26.4 Å².